The molecule has 4 rings (SSSR count). The van der Waals surface area contributed by atoms with Crippen molar-refractivity contribution in [3.8, 4) is 0 Å². The minimum atomic E-state index is -0.472. The summed E-state index contributed by atoms with van der Waals surface area (Å²) in [7, 11) is 3.79. The maximum atomic E-state index is 14.6. The van der Waals surface area contributed by atoms with E-state index in [0.717, 1.165) is 59.2 Å². The standard InChI is InChI=1S/C29H37FN4O/c1-18-15-23(30)22(16-26(18)34(5)6)28(35)32-20-13-11-19(12-14-20)31-25-17-27(29(2,3)4)33-24-10-8-7-9-21(24)25/h7-10,15-17,19-20H,11-14H2,1-6H3,(H,31,33)(H,32,35). The Balaban J connectivity index is 1.43. The van der Waals surface area contributed by atoms with Crippen LogP contribution in [0, 0.1) is 12.7 Å². The number of amides is 1. The predicted molar refractivity (Wildman–Crippen MR) is 143 cm³/mol. The fourth-order valence-electron chi connectivity index (χ4n) is 4.86. The van der Waals surface area contributed by atoms with E-state index in [1.807, 2.05) is 38.1 Å². The smallest absolute Gasteiger partial charge is 0.254 e. The van der Waals surface area contributed by atoms with Crippen molar-refractivity contribution >= 4 is 28.2 Å². The van der Waals surface area contributed by atoms with Crippen LogP contribution in [0.5, 0.6) is 0 Å². The van der Waals surface area contributed by atoms with Gasteiger partial charge in [-0.1, -0.05) is 39.0 Å². The predicted octanol–water partition coefficient (Wildman–Crippen LogP) is 6.20. The number of carbonyl (C=O) groups is 1. The van der Waals surface area contributed by atoms with E-state index >= 15 is 0 Å². The molecule has 2 N–H and O–H groups in total. The summed E-state index contributed by atoms with van der Waals surface area (Å²) in [6.45, 7) is 8.39. The van der Waals surface area contributed by atoms with Crippen LogP contribution >= 0.6 is 0 Å². The Morgan fingerprint density at radius 1 is 1.03 bits per heavy atom. The number of anilines is 2. The van der Waals surface area contributed by atoms with Gasteiger partial charge in [0.1, 0.15) is 5.82 Å². The van der Waals surface area contributed by atoms with Crippen molar-refractivity contribution in [1.82, 2.24) is 10.3 Å². The van der Waals surface area contributed by atoms with Crippen molar-refractivity contribution in [2.24, 2.45) is 0 Å². The second kappa shape index (κ2) is 9.84. The number of nitrogens with zero attached hydrogens (tertiary/aromatic N) is 2. The van der Waals surface area contributed by atoms with Crippen LogP contribution in [0.1, 0.15) is 68.1 Å². The van der Waals surface area contributed by atoms with E-state index in [0.29, 0.717) is 6.04 Å². The molecule has 5 nitrogen and oxygen atoms in total. The number of nitrogens with one attached hydrogen (secondary N) is 2. The Hall–Kier alpha value is -3.15. The lowest BCUT2D eigenvalue weighted by Gasteiger charge is -2.31. The van der Waals surface area contributed by atoms with E-state index in [1.54, 1.807) is 6.07 Å². The molecule has 1 amide bonds. The molecule has 35 heavy (non-hydrogen) atoms. The zero-order valence-electron chi connectivity index (χ0n) is 21.7. The lowest BCUT2D eigenvalue weighted by molar-refractivity contribution is 0.0922. The maximum Gasteiger partial charge on any atom is 0.254 e. The normalized spacial score (nSPS) is 18.4. The minimum Gasteiger partial charge on any atom is -0.382 e. The summed E-state index contributed by atoms with van der Waals surface area (Å²) in [5, 5.41) is 7.96. The lowest BCUT2D eigenvalue weighted by atomic mass is 9.89. The summed E-state index contributed by atoms with van der Waals surface area (Å²) in [5.74, 6) is -0.808. The highest BCUT2D eigenvalue weighted by molar-refractivity contribution is 5.96. The number of hydrogen-bond acceptors (Lipinski definition) is 4. The first-order valence-electron chi connectivity index (χ1n) is 12.5. The summed E-state index contributed by atoms with van der Waals surface area (Å²) in [4.78, 5) is 19.7. The van der Waals surface area contributed by atoms with E-state index in [4.69, 9.17) is 4.98 Å². The summed E-state index contributed by atoms with van der Waals surface area (Å²) in [6, 6.07) is 13.9. The summed E-state index contributed by atoms with van der Waals surface area (Å²) in [5.41, 5.74) is 4.92. The summed E-state index contributed by atoms with van der Waals surface area (Å²) < 4.78 is 14.6. The molecule has 1 aliphatic rings. The number of benzene rings is 2. The monoisotopic (exact) mass is 476 g/mol. The molecule has 0 unspecified atom stereocenters. The van der Waals surface area contributed by atoms with Crippen LogP contribution in [0.3, 0.4) is 0 Å². The summed E-state index contributed by atoms with van der Waals surface area (Å²) >= 11 is 0. The van der Waals surface area contributed by atoms with Gasteiger partial charge in [0, 0.05) is 54.0 Å². The zero-order chi connectivity index (χ0) is 25.3. The van der Waals surface area contributed by atoms with Gasteiger partial charge in [0.25, 0.3) is 5.91 Å². The van der Waals surface area contributed by atoms with Gasteiger partial charge in [-0.3, -0.25) is 9.78 Å². The first-order valence-corrected chi connectivity index (χ1v) is 12.5. The maximum absolute atomic E-state index is 14.6. The van der Waals surface area contributed by atoms with Gasteiger partial charge in [0.05, 0.1) is 11.1 Å². The van der Waals surface area contributed by atoms with Gasteiger partial charge in [-0.25, -0.2) is 4.39 Å². The molecule has 0 aliphatic heterocycles. The quantitative estimate of drug-likeness (QED) is 0.460. The van der Waals surface area contributed by atoms with Crippen LogP contribution in [0.2, 0.25) is 0 Å². The fourth-order valence-corrected chi connectivity index (χ4v) is 4.86. The number of pyridine rings is 1. The fraction of sp³-hybridized carbons (Fsp3) is 0.448. The van der Waals surface area contributed by atoms with Gasteiger partial charge in [0.2, 0.25) is 0 Å². The molecule has 1 aromatic heterocycles. The van der Waals surface area contributed by atoms with Gasteiger partial charge in [-0.2, -0.15) is 0 Å². The SMILES string of the molecule is Cc1cc(F)c(C(=O)NC2CCC(Nc3cc(C(C)(C)C)nc4ccccc34)CC2)cc1N(C)C. The number of aryl methyl sites for hydroxylation is 1. The Kier molecular flexibility index (Phi) is 7.02. The number of rotatable bonds is 5. The van der Waals surface area contributed by atoms with Crippen LogP contribution in [0.15, 0.2) is 42.5 Å². The van der Waals surface area contributed by atoms with Crippen LogP contribution < -0.4 is 15.5 Å². The molecule has 6 heteroatoms. The number of aromatic nitrogens is 1. The van der Waals surface area contributed by atoms with Gasteiger partial charge in [0.15, 0.2) is 0 Å². The average molecular weight is 477 g/mol. The third-order valence-corrected chi connectivity index (χ3v) is 6.92. The van der Waals surface area contributed by atoms with Crippen molar-refractivity contribution in [3.63, 3.8) is 0 Å². The molecule has 0 saturated heterocycles. The van der Waals surface area contributed by atoms with E-state index < -0.39 is 5.82 Å². The summed E-state index contributed by atoms with van der Waals surface area (Å²) in [6.07, 6.45) is 3.58. The number of carbonyl (C=O) groups excluding carboxylic acids is 1. The minimum absolute atomic E-state index is 0.0416. The zero-order valence-corrected chi connectivity index (χ0v) is 21.7. The molecule has 0 atom stereocenters. The molecule has 1 saturated carbocycles. The average Bonchev–Trinajstić information content (AvgIpc) is 2.79. The van der Waals surface area contributed by atoms with Gasteiger partial charge in [-0.05, 0) is 62.4 Å². The highest BCUT2D eigenvalue weighted by Gasteiger charge is 2.25. The molecule has 2 aromatic carbocycles. The molecule has 1 heterocycles. The molecular formula is C29H37FN4O. The second-order valence-corrected chi connectivity index (χ2v) is 11.0. The Morgan fingerprint density at radius 2 is 1.69 bits per heavy atom. The lowest BCUT2D eigenvalue weighted by Crippen LogP contribution is -2.40. The topological polar surface area (TPSA) is 57.3 Å². The number of fused-ring (bicyclic) bond motifs is 1. The van der Waals surface area contributed by atoms with E-state index in [-0.39, 0.29) is 22.9 Å². The Bertz CT molecular complexity index is 1220. The Labute approximate surface area is 208 Å². The van der Waals surface area contributed by atoms with Crippen molar-refractivity contribution < 1.29 is 9.18 Å². The van der Waals surface area contributed by atoms with Crippen molar-refractivity contribution in [3.05, 3.63) is 65.1 Å². The van der Waals surface area contributed by atoms with Gasteiger partial charge < -0.3 is 15.5 Å². The van der Waals surface area contributed by atoms with E-state index in [2.05, 4.69) is 49.6 Å². The van der Waals surface area contributed by atoms with Crippen LogP contribution in [0.4, 0.5) is 15.8 Å². The number of para-hydroxylation sites is 1. The van der Waals surface area contributed by atoms with Crippen molar-refractivity contribution in [2.75, 3.05) is 24.3 Å². The highest BCUT2D eigenvalue weighted by Crippen LogP contribution is 2.32. The van der Waals surface area contributed by atoms with E-state index in [1.165, 1.54) is 6.07 Å². The van der Waals surface area contributed by atoms with Crippen molar-refractivity contribution in [1.29, 1.82) is 0 Å². The third kappa shape index (κ3) is 5.58. The van der Waals surface area contributed by atoms with Crippen LogP contribution in [0.25, 0.3) is 10.9 Å². The molecule has 3 aromatic rings. The van der Waals surface area contributed by atoms with Gasteiger partial charge >= 0.3 is 0 Å². The number of hydrogen-bond donors (Lipinski definition) is 2. The molecule has 1 aliphatic carbocycles. The molecule has 1 fully saturated rings. The second-order valence-electron chi connectivity index (χ2n) is 11.0. The third-order valence-electron chi connectivity index (χ3n) is 6.92. The van der Waals surface area contributed by atoms with Crippen LogP contribution in [-0.2, 0) is 5.41 Å². The van der Waals surface area contributed by atoms with Gasteiger partial charge in [-0.15, -0.1) is 0 Å². The molecule has 0 bridgehead atoms. The first kappa shape index (κ1) is 25.0. The first-order chi connectivity index (χ1) is 16.5. The number of halogens is 1. The van der Waals surface area contributed by atoms with Crippen LogP contribution in [-0.4, -0.2) is 37.1 Å². The Morgan fingerprint density at radius 3 is 2.34 bits per heavy atom. The molecule has 0 radical (unpaired) electrons. The molecule has 186 valence electrons. The van der Waals surface area contributed by atoms with Crippen molar-refractivity contribution in [2.45, 2.75) is 70.9 Å². The molecule has 0 spiro atoms. The molecular weight excluding hydrogens is 439 g/mol. The highest BCUT2D eigenvalue weighted by atomic mass is 19.1. The largest absolute Gasteiger partial charge is 0.382 e. The van der Waals surface area contributed by atoms with E-state index in [9.17, 15) is 9.18 Å².